The molecule has 1 heterocycles. The molecule has 0 unspecified atom stereocenters. The number of Topliss-reactive ketones (excluding diaryl/α,β-unsaturated/α-hetero) is 1. The highest BCUT2D eigenvalue weighted by atomic mass is 16.5. The van der Waals surface area contributed by atoms with E-state index in [4.69, 9.17) is 4.74 Å². The van der Waals surface area contributed by atoms with Gasteiger partial charge in [-0.25, -0.2) is 4.79 Å². The van der Waals surface area contributed by atoms with Crippen LogP contribution in [0.4, 0.5) is 5.69 Å². The number of carbonyl (C=O) groups excluding carboxylic acids is 3. The van der Waals surface area contributed by atoms with Crippen LogP contribution in [0.15, 0.2) is 48.5 Å². The monoisotopic (exact) mass is 390 g/mol. The average molecular weight is 390 g/mol. The van der Waals surface area contributed by atoms with Gasteiger partial charge >= 0.3 is 5.97 Å². The van der Waals surface area contributed by atoms with Crippen molar-refractivity contribution in [2.45, 2.75) is 33.8 Å². The van der Waals surface area contributed by atoms with Crippen molar-refractivity contribution in [1.29, 1.82) is 0 Å². The van der Waals surface area contributed by atoms with Gasteiger partial charge in [-0.3, -0.25) is 14.6 Å². The molecule has 3 rings (SSSR count). The van der Waals surface area contributed by atoms with E-state index in [0.29, 0.717) is 22.5 Å². The molecular formula is C23H22N2O4. The number of anilines is 1. The molecule has 1 amide bonds. The second-order valence-electron chi connectivity index (χ2n) is 6.88. The molecule has 1 atom stereocenters. The Balaban J connectivity index is 1.79. The number of para-hydroxylation sites is 1. The summed E-state index contributed by atoms with van der Waals surface area (Å²) < 4.78 is 5.46. The number of amides is 1. The zero-order valence-corrected chi connectivity index (χ0v) is 16.8. The van der Waals surface area contributed by atoms with Crippen LogP contribution in [0.2, 0.25) is 0 Å². The van der Waals surface area contributed by atoms with E-state index in [9.17, 15) is 14.4 Å². The van der Waals surface area contributed by atoms with E-state index in [0.717, 1.165) is 16.5 Å². The maximum atomic E-state index is 12.8. The number of carbonyl (C=O) groups is 3. The van der Waals surface area contributed by atoms with Gasteiger partial charge in [-0.1, -0.05) is 18.2 Å². The number of ketones is 1. The number of fused-ring (bicyclic) bond motifs is 1. The quantitative estimate of drug-likeness (QED) is 0.520. The van der Waals surface area contributed by atoms with Gasteiger partial charge in [-0.15, -0.1) is 0 Å². The van der Waals surface area contributed by atoms with Crippen molar-refractivity contribution < 1.29 is 19.1 Å². The Hall–Kier alpha value is -3.54. The van der Waals surface area contributed by atoms with Crippen LogP contribution in [0, 0.1) is 13.8 Å². The van der Waals surface area contributed by atoms with E-state index in [-0.39, 0.29) is 11.7 Å². The Morgan fingerprint density at radius 1 is 1.00 bits per heavy atom. The molecule has 0 aliphatic heterocycles. The highest BCUT2D eigenvalue weighted by Gasteiger charge is 2.24. The number of hydrogen-bond donors (Lipinski definition) is 1. The lowest BCUT2D eigenvalue weighted by molar-refractivity contribution is -0.114. The number of nitrogens with one attached hydrogen (secondary N) is 1. The zero-order chi connectivity index (χ0) is 21.1. The van der Waals surface area contributed by atoms with Crippen LogP contribution in [0.3, 0.4) is 0 Å². The van der Waals surface area contributed by atoms with Gasteiger partial charge in [0.1, 0.15) is 0 Å². The largest absolute Gasteiger partial charge is 0.451 e. The topological polar surface area (TPSA) is 85.4 Å². The first-order valence-corrected chi connectivity index (χ1v) is 9.26. The predicted octanol–water partition coefficient (Wildman–Crippen LogP) is 4.24. The first kappa shape index (κ1) is 20.2. The summed E-state index contributed by atoms with van der Waals surface area (Å²) in [6, 6.07) is 14.0. The zero-order valence-electron chi connectivity index (χ0n) is 16.8. The Bertz CT molecular complexity index is 1100. The van der Waals surface area contributed by atoms with Crippen LogP contribution in [-0.2, 0) is 9.53 Å². The number of ether oxygens (including phenoxy) is 1. The summed E-state index contributed by atoms with van der Waals surface area (Å²) in [6.07, 6.45) is -0.959. The molecule has 1 N–H and O–H groups in total. The van der Waals surface area contributed by atoms with E-state index in [1.54, 1.807) is 38.1 Å². The number of pyridine rings is 1. The lowest BCUT2D eigenvalue weighted by Gasteiger charge is -2.16. The maximum Gasteiger partial charge on any atom is 0.340 e. The van der Waals surface area contributed by atoms with Crippen molar-refractivity contribution in [3.8, 4) is 0 Å². The number of esters is 1. The molecule has 0 radical (unpaired) electrons. The number of aromatic nitrogens is 1. The third-order valence-electron chi connectivity index (χ3n) is 4.68. The third kappa shape index (κ3) is 4.32. The minimum atomic E-state index is -0.959. The second-order valence-corrected chi connectivity index (χ2v) is 6.88. The van der Waals surface area contributed by atoms with Gasteiger partial charge in [0.15, 0.2) is 6.10 Å². The summed E-state index contributed by atoms with van der Waals surface area (Å²) >= 11 is 0. The van der Waals surface area contributed by atoms with E-state index >= 15 is 0 Å². The Morgan fingerprint density at radius 2 is 1.66 bits per heavy atom. The summed E-state index contributed by atoms with van der Waals surface area (Å²) in [7, 11) is 0. The van der Waals surface area contributed by atoms with E-state index in [1.165, 1.54) is 6.92 Å². The molecule has 0 aliphatic rings. The molecule has 148 valence electrons. The summed E-state index contributed by atoms with van der Waals surface area (Å²) in [5, 5.41) is 3.51. The second kappa shape index (κ2) is 8.22. The first-order chi connectivity index (χ1) is 13.8. The summed E-state index contributed by atoms with van der Waals surface area (Å²) in [5.41, 5.74) is 3.51. The first-order valence-electron chi connectivity index (χ1n) is 9.26. The number of nitrogens with zero attached hydrogens (tertiary/aromatic N) is 1. The van der Waals surface area contributed by atoms with Crippen molar-refractivity contribution in [2.24, 2.45) is 0 Å². The minimum Gasteiger partial charge on any atom is -0.451 e. The summed E-state index contributed by atoms with van der Waals surface area (Å²) in [4.78, 5) is 41.0. The fourth-order valence-corrected chi connectivity index (χ4v) is 3.26. The number of aryl methyl sites for hydroxylation is 2. The summed E-state index contributed by atoms with van der Waals surface area (Å²) in [6.45, 7) is 6.55. The van der Waals surface area contributed by atoms with Gasteiger partial charge < -0.3 is 10.1 Å². The third-order valence-corrected chi connectivity index (χ3v) is 4.68. The molecule has 0 saturated carbocycles. The fourth-order valence-electron chi connectivity index (χ4n) is 3.26. The normalized spacial score (nSPS) is 11.7. The smallest absolute Gasteiger partial charge is 0.340 e. The van der Waals surface area contributed by atoms with Crippen LogP contribution in [-0.4, -0.2) is 28.7 Å². The molecule has 29 heavy (non-hydrogen) atoms. The molecule has 1 aromatic heterocycles. The van der Waals surface area contributed by atoms with Gasteiger partial charge in [-0.05, 0) is 56.7 Å². The van der Waals surface area contributed by atoms with Crippen LogP contribution in [0.5, 0.6) is 0 Å². The molecule has 2 aromatic carbocycles. The van der Waals surface area contributed by atoms with E-state index in [2.05, 4.69) is 10.3 Å². The molecule has 0 spiro atoms. The van der Waals surface area contributed by atoms with Crippen LogP contribution in [0.1, 0.15) is 45.8 Å². The van der Waals surface area contributed by atoms with Crippen LogP contribution < -0.4 is 5.32 Å². The van der Waals surface area contributed by atoms with E-state index < -0.39 is 12.1 Å². The van der Waals surface area contributed by atoms with Crippen molar-refractivity contribution >= 4 is 34.3 Å². The van der Waals surface area contributed by atoms with Crippen LogP contribution in [0.25, 0.3) is 10.9 Å². The average Bonchev–Trinajstić information content (AvgIpc) is 2.67. The Kier molecular flexibility index (Phi) is 5.73. The molecule has 3 aromatic rings. The Labute approximate surface area is 168 Å². The van der Waals surface area contributed by atoms with Crippen molar-refractivity contribution in [3.05, 3.63) is 70.9 Å². The standard InChI is InChI=1S/C23H22N2O4/c1-13-19-7-5-6-8-20(19)24-14(2)21(13)23(28)29-15(3)22(27)17-9-11-18(12-10-17)25-16(4)26/h5-12,15H,1-4H3,(H,25,26)/t15-/m1/s1. The molecule has 0 saturated heterocycles. The van der Waals surface area contributed by atoms with Crippen molar-refractivity contribution in [2.75, 3.05) is 5.32 Å². The molecule has 0 fully saturated rings. The molecule has 0 aliphatic carbocycles. The number of benzene rings is 2. The minimum absolute atomic E-state index is 0.193. The molecule has 6 heteroatoms. The van der Waals surface area contributed by atoms with Gasteiger partial charge in [0, 0.05) is 23.6 Å². The van der Waals surface area contributed by atoms with E-state index in [1.807, 2.05) is 31.2 Å². The van der Waals surface area contributed by atoms with Gasteiger partial charge in [0.2, 0.25) is 11.7 Å². The molecule has 0 bridgehead atoms. The highest BCUT2D eigenvalue weighted by molar-refractivity contribution is 6.03. The SMILES string of the molecule is CC(=O)Nc1ccc(C(=O)[C@@H](C)OC(=O)c2c(C)nc3ccccc3c2C)cc1. The van der Waals surface area contributed by atoms with Gasteiger partial charge in [0.25, 0.3) is 0 Å². The van der Waals surface area contributed by atoms with Gasteiger partial charge in [0.05, 0.1) is 16.8 Å². The molecular weight excluding hydrogens is 368 g/mol. The lowest BCUT2D eigenvalue weighted by Crippen LogP contribution is -2.25. The predicted molar refractivity (Wildman–Crippen MR) is 111 cm³/mol. The number of hydrogen-bond acceptors (Lipinski definition) is 5. The van der Waals surface area contributed by atoms with Crippen molar-refractivity contribution in [3.63, 3.8) is 0 Å². The maximum absolute atomic E-state index is 12.8. The van der Waals surface area contributed by atoms with Gasteiger partial charge in [-0.2, -0.15) is 0 Å². The molecule has 6 nitrogen and oxygen atoms in total. The van der Waals surface area contributed by atoms with Crippen molar-refractivity contribution in [1.82, 2.24) is 4.98 Å². The summed E-state index contributed by atoms with van der Waals surface area (Å²) in [5.74, 6) is -1.09. The number of rotatable bonds is 5. The highest BCUT2D eigenvalue weighted by Crippen LogP contribution is 2.24. The lowest BCUT2D eigenvalue weighted by atomic mass is 10.0. The Morgan fingerprint density at radius 3 is 2.31 bits per heavy atom. The van der Waals surface area contributed by atoms with Crippen LogP contribution >= 0.6 is 0 Å². The fraction of sp³-hybridized carbons (Fsp3) is 0.217.